The number of rotatable bonds is 4. The maximum Gasteiger partial charge on any atom is 0.243 e. The quantitative estimate of drug-likeness (QED) is 0.624. The molecule has 1 fully saturated rings. The molecule has 0 spiro atoms. The number of sulfonamides is 1. The zero-order valence-electron chi connectivity index (χ0n) is 17.0. The molecular formula is C20H24N6O3S. The van der Waals surface area contributed by atoms with E-state index in [4.69, 9.17) is 4.74 Å². The number of fused-ring (bicyclic) bond motifs is 2. The summed E-state index contributed by atoms with van der Waals surface area (Å²) in [6.45, 7) is 1.51. The summed E-state index contributed by atoms with van der Waals surface area (Å²) < 4.78 is 35.1. The van der Waals surface area contributed by atoms with Gasteiger partial charge < -0.3 is 9.64 Å². The first kappa shape index (κ1) is 19.3. The molecule has 0 radical (unpaired) electrons. The predicted molar refractivity (Wildman–Crippen MR) is 111 cm³/mol. The van der Waals surface area contributed by atoms with Crippen LogP contribution in [0.25, 0.3) is 5.65 Å². The molecule has 2 aliphatic heterocycles. The van der Waals surface area contributed by atoms with Crippen molar-refractivity contribution in [3.05, 3.63) is 41.7 Å². The molecule has 1 aromatic carbocycles. The van der Waals surface area contributed by atoms with Crippen molar-refractivity contribution in [1.82, 2.24) is 24.1 Å². The van der Waals surface area contributed by atoms with Crippen molar-refractivity contribution in [1.29, 1.82) is 0 Å². The monoisotopic (exact) mass is 428 g/mol. The molecule has 2 aromatic heterocycles. The fourth-order valence-electron chi connectivity index (χ4n) is 4.12. The fourth-order valence-corrected chi connectivity index (χ4v) is 5.64. The van der Waals surface area contributed by atoms with Crippen LogP contribution >= 0.6 is 0 Å². The second kappa shape index (κ2) is 7.21. The van der Waals surface area contributed by atoms with Gasteiger partial charge in [-0.05, 0) is 48.7 Å². The molecule has 10 heteroatoms. The minimum atomic E-state index is -3.52. The average molecular weight is 429 g/mol. The van der Waals surface area contributed by atoms with E-state index in [2.05, 4.69) is 15.3 Å². The van der Waals surface area contributed by atoms with Crippen molar-refractivity contribution < 1.29 is 13.2 Å². The summed E-state index contributed by atoms with van der Waals surface area (Å²) >= 11 is 0. The maximum absolute atomic E-state index is 13.1. The second-order valence-corrected chi connectivity index (χ2v) is 9.90. The van der Waals surface area contributed by atoms with E-state index in [1.165, 1.54) is 0 Å². The van der Waals surface area contributed by atoms with Crippen molar-refractivity contribution in [3.63, 3.8) is 0 Å². The van der Waals surface area contributed by atoms with Gasteiger partial charge in [0.15, 0.2) is 11.5 Å². The van der Waals surface area contributed by atoms with Crippen LogP contribution < -0.4 is 9.64 Å². The SMILES string of the molecule is CN(C)c1ccc2nnc(C3CCN(S(=O)(=O)c4ccc5c(c4)CCO5)CC3)n2n1. The number of nitrogens with zero attached hydrogens (tertiary/aromatic N) is 6. The molecular weight excluding hydrogens is 404 g/mol. The van der Waals surface area contributed by atoms with Gasteiger partial charge in [-0.25, -0.2) is 8.42 Å². The van der Waals surface area contributed by atoms with Gasteiger partial charge >= 0.3 is 0 Å². The van der Waals surface area contributed by atoms with Crippen LogP contribution in [-0.2, 0) is 16.4 Å². The van der Waals surface area contributed by atoms with Gasteiger partial charge in [0, 0.05) is 39.5 Å². The van der Waals surface area contributed by atoms with Crippen molar-refractivity contribution >= 4 is 21.5 Å². The third kappa shape index (κ3) is 3.20. The van der Waals surface area contributed by atoms with Gasteiger partial charge in [-0.3, -0.25) is 0 Å². The van der Waals surface area contributed by atoms with E-state index < -0.39 is 10.0 Å². The van der Waals surface area contributed by atoms with Crippen molar-refractivity contribution in [2.45, 2.75) is 30.1 Å². The van der Waals surface area contributed by atoms with E-state index in [-0.39, 0.29) is 5.92 Å². The molecule has 158 valence electrons. The highest BCUT2D eigenvalue weighted by molar-refractivity contribution is 7.89. The first-order valence-corrected chi connectivity index (χ1v) is 11.5. The Bertz CT molecular complexity index is 1200. The van der Waals surface area contributed by atoms with Crippen LogP contribution in [0.5, 0.6) is 5.75 Å². The van der Waals surface area contributed by atoms with Crippen LogP contribution in [0.15, 0.2) is 35.2 Å². The summed E-state index contributed by atoms with van der Waals surface area (Å²) in [6, 6.07) is 8.96. The zero-order chi connectivity index (χ0) is 20.9. The van der Waals surface area contributed by atoms with Crippen molar-refractivity contribution in [3.8, 4) is 5.75 Å². The molecule has 3 aromatic rings. The van der Waals surface area contributed by atoms with Gasteiger partial charge in [-0.2, -0.15) is 8.82 Å². The first-order chi connectivity index (χ1) is 14.4. The second-order valence-electron chi connectivity index (χ2n) is 7.96. The molecule has 0 bridgehead atoms. The standard InChI is InChI=1S/C20H24N6O3S/c1-24(2)19-6-5-18-21-22-20(26(18)23-19)14-7-10-25(11-8-14)30(27,28)16-3-4-17-15(13-16)9-12-29-17/h3-6,13-14H,7-12H2,1-2H3. The normalized spacial score (nSPS) is 17.8. The Labute approximate surface area is 175 Å². The van der Waals surface area contributed by atoms with Crippen LogP contribution in [0.3, 0.4) is 0 Å². The molecule has 5 rings (SSSR count). The molecule has 2 aliphatic rings. The van der Waals surface area contributed by atoms with Crippen LogP contribution in [0, 0.1) is 0 Å². The molecule has 9 nitrogen and oxygen atoms in total. The lowest BCUT2D eigenvalue weighted by Crippen LogP contribution is -2.38. The Kier molecular flexibility index (Phi) is 4.62. The van der Waals surface area contributed by atoms with Crippen molar-refractivity contribution in [2.75, 3.05) is 38.7 Å². The van der Waals surface area contributed by atoms with E-state index in [9.17, 15) is 8.42 Å². The smallest absolute Gasteiger partial charge is 0.243 e. The van der Waals surface area contributed by atoms with E-state index in [0.29, 0.717) is 43.1 Å². The highest BCUT2D eigenvalue weighted by Crippen LogP contribution is 2.32. The topological polar surface area (TPSA) is 92.9 Å². The molecule has 0 amide bonds. The molecule has 0 N–H and O–H groups in total. The number of ether oxygens (including phenoxy) is 1. The summed E-state index contributed by atoms with van der Waals surface area (Å²) in [5.41, 5.74) is 1.66. The summed E-state index contributed by atoms with van der Waals surface area (Å²) in [5.74, 6) is 2.52. The fraction of sp³-hybridized carbons (Fsp3) is 0.450. The molecule has 0 saturated carbocycles. The van der Waals surface area contributed by atoms with E-state index in [1.54, 1.807) is 27.0 Å². The third-order valence-corrected chi connectivity index (χ3v) is 7.74. The predicted octanol–water partition coefficient (Wildman–Crippen LogP) is 1.69. The number of anilines is 1. The Morgan fingerprint density at radius 1 is 1.10 bits per heavy atom. The largest absolute Gasteiger partial charge is 0.493 e. The number of hydrogen-bond donors (Lipinski definition) is 0. The average Bonchev–Trinajstić information content (AvgIpc) is 3.39. The van der Waals surface area contributed by atoms with E-state index in [0.717, 1.165) is 29.4 Å². The maximum atomic E-state index is 13.1. The summed E-state index contributed by atoms with van der Waals surface area (Å²) in [4.78, 5) is 2.27. The van der Waals surface area contributed by atoms with Crippen molar-refractivity contribution in [2.24, 2.45) is 0 Å². The van der Waals surface area contributed by atoms with E-state index in [1.807, 2.05) is 31.1 Å². The highest BCUT2D eigenvalue weighted by atomic mass is 32.2. The first-order valence-electron chi connectivity index (χ1n) is 10.1. The Morgan fingerprint density at radius 2 is 1.90 bits per heavy atom. The zero-order valence-corrected chi connectivity index (χ0v) is 17.8. The van der Waals surface area contributed by atoms with Crippen LogP contribution in [0.1, 0.15) is 30.1 Å². The Balaban J connectivity index is 1.35. The highest BCUT2D eigenvalue weighted by Gasteiger charge is 2.32. The number of piperidine rings is 1. The van der Waals surface area contributed by atoms with Gasteiger partial charge in [-0.1, -0.05) is 0 Å². The number of aromatic nitrogens is 4. The number of benzene rings is 1. The third-order valence-electron chi connectivity index (χ3n) is 5.85. The lowest BCUT2D eigenvalue weighted by Gasteiger charge is -2.30. The van der Waals surface area contributed by atoms with Gasteiger partial charge in [0.25, 0.3) is 0 Å². The molecule has 30 heavy (non-hydrogen) atoms. The summed E-state index contributed by atoms with van der Waals surface area (Å²) in [5, 5.41) is 13.2. The summed E-state index contributed by atoms with van der Waals surface area (Å²) in [6.07, 6.45) is 2.12. The molecule has 0 unspecified atom stereocenters. The van der Waals surface area contributed by atoms with Gasteiger partial charge in [-0.15, -0.1) is 15.3 Å². The molecule has 1 saturated heterocycles. The van der Waals surface area contributed by atoms with Crippen LogP contribution in [0.2, 0.25) is 0 Å². The van der Waals surface area contributed by atoms with Gasteiger partial charge in [0.05, 0.1) is 11.5 Å². The lowest BCUT2D eigenvalue weighted by molar-refractivity contribution is 0.311. The molecule has 4 heterocycles. The van der Waals surface area contributed by atoms with E-state index >= 15 is 0 Å². The summed E-state index contributed by atoms with van der Waals surface area (Å²) in [7, 11) is 0.351. The van der Waals surface area contributed by atoms with Crippen LogP contribution in [-0.4, -0.2) is 66.3 Å². The van der Waals surface area contributed by atoms with Gasteiger partial charge in [0.1, 0.15) is 11.6 Å². The van der Waals surface area contributed by atoms with Crippen LogP contribution in [0.4, 0.5) is 5.82 Å². The molecule has 0 aliphatic carbocycles. The minimum absolute atomic E-state index is 0.116. The number of hydrogen-bond acceptors (Lipinski definition) is 7. The minimum Gasteiger partial charge on any atom is -0.493 e. The molecule has 0 atom stereocenters. The van der Waals surface area contributed by atoms with Gasteiger partial charge in [0.2, 0.25) is 10.0 Å². The lowest BCUT2D eigenvalue weighted by atomic mass is 9.97. The Morgan fingerprint density at radius 3 is 2.67 bits per heavy atom. The Hall–Kier alpha value is -2.72.